The first-order valence-corrected chi connectivity index (χ1v) is 9.91. The molecule has 6 heteroatoms. The average molecular weight is 340 g/mol. The lowest BCUT2D eigenvalue weighted by atomic mass is 9.81. The quantitative estimate of drug-likeness (QED) is 0.788. The minimum Gasteiger partial charge on any atom is -0.492 e. The van der Waals surface area contributed by atoms with Crippen molar-refractivity contribution < 1.29 is 13.2 Å². The summed E-state index contributed by atoms with van der Waals surface area (Å²) in [5.41, 5.74) is -0.0500. The van der Waals surface area contributed by atoms with Gasteiger partial charge in [0.25, 0.3) is 0 Å². The van der Waals surface area contributed by atoms with Gasteiger partial charge in [-0.25, -0.2) is 13.1 Å². The van der Waals surface area contributed by atoms with E-state index < -0.39 is 10.0 Å². The standard InChI is InChI=1S/C17H28N2O3S/c1-19(2)17(11-7-4-8-12-17)15-18-23(20,21)14-13-22-16-9-5-3-6-10-16/h3,5-6,9-10,18H,4,7-8,11-15H2,1-2H3. The smallest absolute Gasteiger partial charge is 0.215 e. The maximum atomic E-state index is 12.2. The molecule has 5 nitrogen and oxygen atoms in total. The van der Waals surface area contributed by atoms with Gasteiger partial charge in [-0.2, -0.15) is 0 Å². The molecule has 23 heavy (non-hydrogen) atoms. The summed E-state index contributed by atoms with van der Waals surface area (Å²) in [5.74, 6) is 0.672. The Morgan fingerprint density at radius 3 is 2.39 bits per heavy atom. The first-order chi connectivity index (χ1) is 10.9. The van der Waals surface area contributed by atoms with Crippen molar-refractivity contribution in [3.8, 4) is 5.75 Å². The van der Waals surface area contributed by atoms with Crippen LogP contribution in [0.1, 0.15) is 32.1 Å². The van der Waals surface area contributed by atoms with Gasteiger partial charge < -0.3 is 9.64 Å². The molecule has 2 rings (SSSR count). The molecule has 1 aromatic rings. The van der Waals surface area contributed by atoms with E-state index in [1.165, 1.54) is 6.42 Å². The lowest BCUT2D eigenvalue weighted by Crippen LogP contribution is -2.54. The molecule has 0 atom stereocenters. The SMILES string of the molecule is CN(C)C1(CNS(=O)(=O)CCOc2ccccc2)CCCCC1. The molecule has 0 heterocycles. The molecular weight excluding hydrogens is 312 g/mol. The Hall–Kier alpha value is -1.11. The second kappa shape index (κ2) is 8.13. The number of rotatable bonds is 8. The molecule has 0 aromatic heterocycles. The van der Waals surface area contributed by atoms with Crippen LogP contribution in [0.5, 0.6) is 5.75 Å². The van der Waals surface area contributed by atoms with Gasteiger partial charge in [-0.1, -0.05) is 37.5 Å². The summed E-state index contributed by atoms with van der Waals surface area (Å²) in [5, 5.41) is 0. The Labute approximate surface area is 140 Å². The van der Waals surface area contributed by atoms with Crippen molar-refractivity contribution in [2.75, 3.05) is 33.0 Å². The first-order valence-electron chi connectivity index (χ1n) is 8.26. The number of para-hydroxylation sites is 1. The second-order valence-electron chi connectivity index (χ2n) is 6.48. The molecule has 0 saturated heterocycles. The van der Waals surface area contributed by atoms with Crippen molar-refractivity contribution in [3.63, 3.8) is 0 Å². The van der Waals surface area contributed by atoms with Crippen molar-refractivity contribution in [1.82, 2.24) is 9.62 Å². The highest BCUT2D eigenvalue weighted by molar-refractivity contribution is 7.89. The Kier molecular flexibility index (Phi) is 6.44. The Balaban J connectivity index is 1.83. The molecule has 1 fully saturated rings. The third-order valence-electron chi connectivity index (χ3n) is 4.72. The van der Waals surface area contributed by atoms with Crippen molar-refractivity contribution >= 4 is 10.0 Å². The van der Waals surface area contributed by atoms with Crippen LogP contribution < -0.4 is 9.46 Å². The number of hydrogen-bond donors (Lipinski definition) is 1. The summed E-state index contributed by atoms with van der Waals surface area (Å²) in [6, 6.07) is 9.28. The van der Waals surface area contributed by atoms with E-state index in [2.05, 4.69) is 9.62 Å². The van der Waals surface area contributed by atoms with Crippen LogP contribution in [0.3, 0.4) is 0 Å². The van der Waals surface area contributed by atoms with E-state index in [0.29, 0.717) is 12.3 Å². The van der Waals surface area contributed by atoms with Crippen LogP contribution in [-0.2, 0) is 10.0 Å². The number of nitrogens with one attached hydrogen (secondary N) is 1. The molecule has 130 valence electrons. The van der Waals surface area contributed by atoms with Crippen molar-refractivity contribution in [2.24, 2.45) is 0 Å². The number of nitrogens with zero attached hydrogens (tertiary/aromatic N) is 1. The van der Waals surface area contributed by atoms with Crippen LogP contribution in [0.15, 0.2) is 30.3 Å². The van der Waals surface area contributed by atoms with E-state index in [4.69, 9.17) is 4.74 Å². The summed E-state index contributed by atoms with van der Waals surface area (Å²) >= 11 is 0. The van der Waals surface area contributed by atoms with Crippen LogP contribution in [0, 0.1) is 0 Å². The van der Waals surface area contributed by atoms with E-state index in [9.17, 15) is 8.42 Å². The number of benzene rings is 1. The van der Waals surface area contributed by atoms with Crippen LogP contribution >= 0.6 is 0 Å². The maximum absolute atomic E-state index is 12.2. The molecular formula is C17H28N2O3S. The van der Waals surface area contributed by atoms with Crippen LogP contribution in [0.4, 0.5) is 0 Å². The van der Waals surface area contributed by atoms with Crippen molar-refractivity contribution in [3.05, 3.63) is 30.3 Å². The minimum atomic E-state index is -3.32. The van der Waals surface area contributed by atoms with Gasteiger partial charge in [-0.15, -0.1) is 0 Å². The van der Waals surface area contributed by atoms with Crippen molar-refractivity contribution in [2.45, 2.75) is 37.6 Å². The predicted octanol–water partition coefficient (Wildman–Crippen LogP) is 2.25. The highest BCUT2D eigenvalue weighted by Crippen LogP contribution is 2.31. The van der Waals surface area contributed by atoms with Gasteiger partial charge >= 0.3 is 0 Å². The molecule has 1 saturated carbocycles. The zero-order valence-corrected chi connectivity index (χ0v) is 14.9. The lowest BCUT2D eigenvalue weighted by molar-refractivity contribution is 0.105. The Morgan fingerprint density at radius 2 is 1.78 bits per heavy atom. The summed E-state index contributed by atoms with van der Waals surface area (Å²) in [7, 11) is 0.755. The van der Waals surface area contributed by atoms with Gasteiger partial charge in [0.2, 0.25) is 10.0 Å². The Bertz CT molecular complexity index is 567. The van der Waals surface area contributed by atoms with E-state index in [1.54, 1.807) is 0 Å². The van der Waals surface area contributed by atoms with E-state index in [1.807, 2.05) is 44.4 Å². The number of ether oxygens (including phenoxy) is 1. The van der Waals surface area contributed by atoms with Crippen molar-refractivity contribution in [1.29, 1.82) is 0 Å². The number of likely N-dealkylation sites (N-methyl/N-ethyl adjacent to an activating group) is 1. The molecule has 0 radical (unpaired) electrons. The summed E-state index contributed by atoms with van der Waals surface area (Å²) in [6.07, 6.45) is 5.66. The fourth-order valence-corrected chi connectivity index (χ4v) is 4.03. The van der Waals surface area contributed by atoms with Crippen LogP contribution in [0.25, 0.3) is 0 Å². The molecule has 0 spiro atoms. The number of hydrogen-bond acceptors (Lipinski definition) is 4. The van der Waals surface area contributed by atoms with Gasteiger partial charge in [0.05, 0.1) is 5.75 Å². The molecule has 0 bridgehead atoms. The highest BCUT2D eigenvalue weighted by atomic mass is 32.2. The lowest BCUT2D eigenvalue weighted by Gasteiger charge is -2.43. The minimum absolute atomic E-state index is 0.0224. The van der Waals surface area contributed by atoms with E-state index >= 15 is 0 Å². The summed E-state index contributed by atoms with van der Waals surface area (Å²) in [6.45, 7) is 0.641. The monoisotopic (exact) mass is 340 g/mol. The number of sulfonamides is 1. The maximum Gasteiger partial charge on any atom is 0.215 e. The third kappa shape index (κ3) is 5.48. The van der Waals surface area contributed by atoms with E-state index in [-0.39, 0.29) is 17.9 Å². The van der Waals surface area contributed by atoms with E-state index in [0.717, 1.165) is 25.7 Å². The molecule has 1 aliphatic carbocycles. The largest absolute Gasteiger partial charge is 0.492 e. The second-order valence-corrected chi connectivity index (χ2v) is 8.41. The molecule has 1 aromatic carbocycles. The van der Waals surface area contributed by atoms with Gasteiger partial charge in [0.15, 0.2) is 0 Å². The highest BCUT2D eigenvalue weighted by Gasteiger charge is 2.35. The molecule has 1 N–H and O–H groups in total. The van der Waals surface area contributed by atoms with Gasteiger partial charge in [0, 0.05) is 12.1 Å². The molecule has 0 amide bonds. The van der Waals surface area contributed by atoms with Gasteiger partial charge in [-0.3, -0.25) is 0 Å². The van der Waals surface area contributed by atoms with Crippen LogP contribution in [-0.4, -0.2) is 51.9 Å². The van der Waals surface area contributed by atoms with Gasteiger partial charge in [-0.05, 0) is 39.1 Å². The molecule has 0 aliphatic heterocycles. The predicted molar refractivity (Wildman–Crippen MR) is 93.2 cm³/mol. The normalized spacial score (nSPS) is 18.0. The Morgan fingerprint density at radius 1 is 1.13 bits per heavy atom. The molecule has 1 aliphatic rings. The topological polar surface area (TPSA) is 58.6 Å². The fourth-order valence-electron chi connectivity index (χ4n) is 3.09. The zero-order chi connectivity index (χ0) is 16.8. The summed E-state index contributed by atoms with van der Waals surface area (Å²) in [4.78, 5) is 2.18. The zero-order valence-electron chi connectivity index (χ0n) is 14.1. The fraction of sp³-hybridized carbons (Fsp3) is 0.647. The average Bonchev–Trinajstić information content (AvgIpc) is 2.55. The first kappa shape index (κ1) is 18.2. The summed E-state index contributed by atoms with van der Waals surface area (Å²) < 4.78 is 32.7. The molecule has 0 unspecified atom stereocenters. The third-order valence-corrected chi connectivity index (χ3v) is 6.01. The van der Waals surface area contributed by atoms with Gasteiger partial charge in [0.1, 0.15) is 12.4 Å². The van der Waals surface area contributed by atoms with Crippen LogP contribution in [0.2, 0.25) is 0 Å².